The third-order valence-electron chi connectivity index (χ3n) is 6.05. The Balaban J connectivity index is 1.54. The Morgan fingerprint density at radius 2 is 1.87 bits per heavy atom. The number of morpholine rings is 1. The number of anilines is 1. The summed E-state index contributed by atoms with van der Waals surface area (Å²) < 4.78 is 34.5. The van der Waals surface area contributed by atoms with E-state index in [1.807, 2.05) is 37.3 Å². The predicted octanol–water partition coefficient (Wildman–Crippen LogP) is 2.34. The van der Waals surface area contributed by atoms with Gasteiger partial charge in [0.15, 0.2) is 0 Å². The minimum Gasteiger partial charge on any atom is -0.379 e. The lowest BCUT2D eigenvalue weighted by molar-refractivity contribution is -0.116. The third-order valence-corrected chi connectivity index (χ3v) is 7.47. The van der Waals surface area contributed by atoms with E-state index in [1.54, 1.807) is 23.1 Å². The van der Waals surface area contributed by atoms with Gasteiger partial charge in [0.1, 0.15) is 0 Å². The second-order valence-corrected chi connectivity index (χ2v) is 9.93. The second kappa shape index (κ2) is 9.08. The molecular formula is C23H29N3O4S. The summed E-state index contributed by atoms with van der Waals surface area (Å²) in [6, 6.07) is 14.9. The minimum absolute atomic E-state index is 0.0298. The van der Waals surface area contributed by atoms with E-state index in [1.165, 1.54) is 6.92 Å². The number of amides is 1. The molecule has 166 valence electrons. The lowest BCUT2D eigenvalue weighted by Gasteiger charge is -2.34. The molecule has 2 aromatic rings. The van der Waals surface area contributed by atoms with Crippen molar-refractivity contribution in [2.75, 3.05) is 37.7 Å². The highest BCUT2D eigenvalue weighted by molar-refractivity contribution is 7.89. The third kappa shape index (κ3) is 4.67. The highest BCUT2D eigenvalue weighted by Gasteiger charge is 2.31. The standard InChI is InChI=1S/C23H29N3O4S/c1-17-14-20-15-21(8-9-22(20)26(17)18(2)27)31(28,29)24-16-23(19-6-4-3-5-7-19)25-10-12-30-13-11-25/h3-9,15,17,23-24H,10-14,16H2,1-2H3/t17-,23+/m0/s1. The molecule has 31 heavy (non-hydrogen) atoms. The van der Waals surface area contributed by atoms with Crippen LogP contribution in [0.5, 0.6) is 0 Å². The zero-order valence-corrected chi connectivity index (χ0v) is 18.8. The Labute approximate surface area is 184 Å². The van der Waals surface area contributed by atoms with Gasteiger partial charge in [-0.2, -0.15) is 0 Å². The van der Waals surface area contributed by atoms with Crippen LogP contribution in [0.3, 0.4) is 0 Å². The summed E-state index contributed by atoms with van der Waals surface area (Å²) in [5.41, 5.74) is 2.76. The highest BCUT2D eigenvalue weighted by Crippen LogP contribution is 2.34. The van der Waals surface area contributed by atoms with E-state index >= 15 is 0 Å². The van der Waals surface area contributed by atoms with Crippen LogP contribution in [-0.2, 0) is 26.0 Å². The first kappa shape index (κ1) is 22.0. The van der Waals surface area contributed by atoms with Crippen LogP contribution in [0, 0.1) is 0 Å². The summed E-state index contributed by atoms with van der Waals surface area (Å²) in [6.07, 6.45) is 0.651. The first-order chi connectivity index (χ1) is 14.9. The van der Waals surface area contributed by atoms with Crippen LogP contribution in [0.2, 0.25) is 0 Å². The zero-order chi connectivity index (χ0) is 22.0. The summed E-state index contributed by atoms with van der Waals surface area (Å²) in [5, 5.41) is 0. The van der Waals surface area contributed by atoms with Crippen molar-refractivity contribution in [1.82, 2.24) is 9.62 Å². The molecule has 2 aliphatic heterocycles. The Kier molecular flexibility index (Phi) is 6.43. The van der Waals surface area contributed by atoms with E-state index in [-0.39, 0.29) is 29.4 Å². The molecular weight excluding hydrogens is 414 g/mol. The molecule has 2 heterocycles. The summed E-state index contributed by atoms with van der Waals surface area (Å²) in [7, 11) is -3.69. The molecule has 0 unspecified atom stereocenters. The van der Waals surface area contributed by atoms with Crippen molar-refractivity contribution in [2.24, 2.45) is 0 Å². The van der Waals surface area contributed by atoms with Gasteiger partial charge in [-0.3, -0.25) is 9.69 Å². The number of nitrogens with one attached hydrogen (secondary N) is 1. The van der Waals surface area contributed by atoms with Crippen molar-refractivity contribution in [3.63, 3.8) is 0 Å². The Hall–Kier alpha value is -2.26. The van der Waals surface area contributed by atoms with E-state index < -0.39 is 10.0 Å². The van der Waals surface area contributed by atoms with Crippen LogP contribution < -0.4 is 9.62 Å². The number of rotatable bonds is 6. The number of hydrogen-bond acceptors (Lipinski definition) is 5. The molecule has 1 N–H and O–H groups in total. The zero-order valence-electron chi connectivity index (χ0n) is 18.0. The first-order valence-electron chi connectivity index (χ1n) is 10.7. The van der Waals surface area contributed by atoms with Gasteiger partial charge in [0.05, 0.1) is 18.1 Å². The highest BCUT2D eigenvalue weighted by atomic mass is 32.2. The normalized spacial score (nSPS) is 20.5. The SMILES string of the molecule is CC(=O)N1c2ccc(S(=O)(=O)NC[C@H](c3ccccc3)N3CCOCC3)cc2C[C@@H]1C. The van der Waals surface area contributed by atoms with Gasteiger partial charge in [0.25, 0.3) is 0 Å². The lowest BCUT2D eigenvalue weighted by Crippen LogP contribution is -2.43. The second-order valence-electron chi connectivity index (χ2n) is 8.16. The molecule has 4 rings (SSSR count). The van der Waals surface area contributed by atoms with Crippen molar-refractivity contribution in [3.05, 3.63) is 59.7 Å². The fraction of sp³-hybridized carbons (Fsp3) is 0.435. The molecule has 2 atom stereocenters. The molecule has 0 saturated carbocycles. The van der Waals surface area contributed by atoms with Crippen molar-refractivity contribution in [1.29, 1.82) is 0 Å². The van der Waals surface area contributed by atoms with Gasteiger partial charge in [0, 0.05) is 44.3 Å². The largest absolute Gasteiger partial charge is 0.379 e. The number of nitrogens with zero attached hydrogens (tertiary/aromatic N) is 2. The molecule has 8 heteroatoms. The Morgan fingerprint density at radius 3 is 2.55 bits per heavy atom. The van der Waals surface area contributed by atoms with Crippen molar-refractivity contribution in [2.45, 2.75) is 37.2 Å². The Morgan fingerprint density at radius 1 is 1.16 bits per heavy atom. The molecule has 0 aromatic heterocycles. The van der Waals surface area contributed by atoms with Gasteiger partial charge in [-0.25, -0.2) is 13.1 Å². The first-order valence-corrected chi connectivity index (χ1v) is 12.1. The lowest BCUT2D eigenvalue weighted by atomic mass is 10.1. The minimum atomic E-state index is -3.69. The smallest absolute Gasteiger partial charge is 0.240 e. The molecule has 1 amide bonds. The molecule has 2 aromatic carbocycles. The average Bonchev–Trinajstić information content (AvgIpc) is 3.10. The van der Waals surface area contributed by atoms with E-state index in [0.717, 1.165) is 29.9 Å². The van der Waals surface area contributed by atoms with E-state index in [9.17, 15) is 13.2 Å². The Bertz CT molecular complexity index is 1040. The van der Waals surface area contributed by atoms with Gasteiger partial charge in [-0.15, -0.1) is 0 Å². The van der Waals surface area contributed by atoms with Crippen molar-refractivity contribution in [3.8, 4) is 0 Å². The van der Waals surface area contributed by atoms with Crippen LogP contribution in [0.15, 0.2) is 53.4 Å². The van der Waals surface area contributed by atoms with Crippen molar-refractivity contribution < 1.29 is 17.9 Å². The number of hydrogen-bond donors (Lipinski definition) is 1. The number of carbonyl (C=O) groups excluding carboxylic acids is 1. The van der Waals surface area contributed by atoms with Crippen LogP contribution in [0.4, 0.5) is 5.69 Å². The van der Waals surface area contributed by atoms with Crippen LogP contribution >= 0.6 is 0 Å². The number of ether oxygens (including phenoxy) is 1. The summed E-state index contributed by atoms with van der Waals surface area (Å²) in [5.74, 6) is -0.0313. The summed E-state index contributed by atoms with van der Waals surface area (Å²) >= 11 is 0. The molecule has 1 fully saturated rings. The van der Waals surface area contributed by atoms with E-state index in [0.29, 0.717) is 19.6 Å². The number of benzene rings is 2. The fourth-order valence-electron chi connectivity index (χ4n) is 4.55. The van der Waals surface area contributed by atoms with Crippen molar-refractivity contribution >= 4 is 21.6 Å². The summed E-state index contributed by atoms with van der Waals surface area (Å²) in [6.45, 7) is 6.60. The van der Waals surface area contributed by atoms with Gasteiger partial charge in [0.2, 0.25) is 15.9 Å². The maximum atomic E-state index is 13.1. The molecule has 7 nitrogen and oxygen atoms in total. The predicted molar refractivity (Wildman–Crippen MR) is 120 cm³/mol. The number of fused-ring (bicyclic) bond motifs is 1. The topological polar surface area (TPSA) is 79.0 Å². The van der Waals surface area contributed by atoms with Gasteiger partial charge in [-0.05, 0) is 42.7 Å². The maximum absolute atomic E-state index is 13.1. The molecule has 0 bridgehead atoms. The van der Waals surface area contributed by atoms with Crippen LogP contribution in [-0.4, -0.2) is 58.1 Å². The fourth-order valence-corrected chi connectivity index (χ4v) is 5.64. The molecule has 0 spiro atoms. The van der Waals surface area contributed by atoms with Gasteiger partial charge < -0.3 is 9.64 Å². The quantitative estimate of drug-likeness (QED) is 0.741. The van der Waals surface area contributed by atoms with Gasteiger partial charge >= 0.3 is 0 Å². The monoisotopic (exact) mass is 443 g/mol. The summed E-state index contributed by atoms with van der Waals surface area (Å²) in [4.78, 5) is 16.2. The van der Waals surface area contributed by atoms with Gasteiger partial charge in [-0.1, -0.05) is 30.3 Å². The molecule has 1 saturated heterocycles. The van der Waals surface area contributed by atoms with E-state index in [2.05, 4.69) is 9.62 Å². The average molecular weight is 444 g/mol. The molecule has 0 aliphatic carbocycles. The molecule has 2 aliphatic rings. The maximum Gasteiger partial charge on any atom is 0.240 e. The van der Waals surface area contributed by atoms with Crippen LogP contribution in [0.25, 0.3) is 0 Å². The van der Waals surface area contributed by atoms with E-state index in [4.69, 9.17) is 4.74 Å². The number of sulfonamides is 1. The molecule has 0 radical (unpaired) electrons. The number of carbonyl (C=O) groups is 1. The van der Waals surface area contributed by atoms with Crippen LogP contribution in [0.1, 0.15) is 31.0 Å².